The Morgan fingerprint density at radius 1 is 1.04 bits per heavy atom. The second-order valence-electron chi connectivity index (χ2n) is 7.51. The molecule has 3 rings (SSSR count). The van der Waals surface area contributed by atoms with Crippen LogP contribution in [-0.4, -0.2) is 17.2 Å². The molecule has 2 atom stereocenters. The number of carbonyl (C=O) groups excluding carboxylic acids is 1. The fraction of sp³-hybridized carbons (Fsp3) is 0.409. The summed E-state index contributed by atoms with van der Waals surface area (Å²) in [6.45, 7) is 5.86. The van der Waals surface area contributed by atoms with E-state index in [1.165, 1.54) is 12.5 Å². The summed E-state index contributed by atoms with van der Waals surface area (Å²) in [5.41, 5.74) is 4.19. The Labute approximate surface area is 155 Å². The zero-order valence-corrected chi connectivity index (χ0v) is 15.7. The molecule has 0 aliphatic heterocycles. The highest BCUT2D eigenvalue weighted by Gasteiger charge is 2.31. The summed E-state index contributed by atoms with van der Waals surface area (Å²) in [5.74, 6) is 0.729. The molecule has 1 unspecified atom stereocenters. The van der Waals surface area contributed by atoms with Gasteiger partial charge in [0.2, 0.25) is 5.91 Å². The molecule has 138 valence electrons. The van der Waals surface area contributed by atoms with Crippen molar-refractivity contribution in [3.05, 3.63) is 65.2 Å². The van der Waals surface area contributed by atoms with Gasteiger partial charge in [-0.25, -0.2) is 0 Å². The minimum Gasteiger partial charge on any atom is -0.378 e. The van der Waals surface area contributed by atoms with Gasteiger partial charge < -0.3 is 10.4 Å². The first-order chi connectivity index (χ1) is 12.4. The van der Waals surface area contributed by atoms with Gasteiger partial charge in [0, 0.05) is 12.6 Å². The van der Waals surface area contributed by atoms with Crippen LogP contribution in [0, 0.1) is 5.92 Å². The highest BCUT2D eigenvalue weighted by molar-refractivity contribution is 5.88. The normalized spacial score (nSPS) is 16.3. The molecule has 2 aromatic rings. The molecule has 0 saturated heterocycles. The van der Waals surface area contributed by atoms with Crippen LogP contribution in [0.1, 0.15) is 62.3 Å². The van der Waals surface area contributed by atoms with Crippen molar-refractivity contribution in [2.75, 3.05) is 5.32 Å². The minimum absolute atomic E-state index is 0.0917. The SMILES string of the molecule is CC(=O)Nc1cccc([C@H](NC(O)C2CC2)c2ccc(C(C)C)cc2)c1. The summed E-state index contributed by atoms with van der Waals surface area (Å²) in [6.07, 6.45) is 1.62. The molecule has 3 N–H and O–H groups in total. The zero-order chi connectivity index (χ0) is 18.7. The third-order valence-electron chi connectivity index (χ3n) is 4.88. The summed E-state index contributed by atoms with van der Waals surface area (Å²) >= 11 is 0. The number of aliphatic hydroxyl groups is 1. The van der Waals surface area contributed by atoms with Crippen molar-refractivity contribution in [1.29, 1.82) is 0 Å². The summed E-state index contributed by atoms with van der Waals surface area (Å²) < 4.78 is 0. The molecule has 1 aliphatic rings. The molecule has 1 amide bonds. The van der Waals surface area contributed by atoms with Crippen molar-refractivity contribution in [2.45, 2.75) is 51.8 Å². The summed E-state index contributed by atoms with van der Waals surface area (Å²) in [5, 5.41) is 16.7. The van der Waals surface area contributed by atoms with Gasteiger partial charge >= 0.3 is 0 Å². The number of hydrogen-bond acceptors (Lipinski definition) is 3. The molecule has 1 aliphatic carbocycles. The Kier molecular flexibility index (Phi) is 5.74. The minimum atomic E-state index is -0.519. The second kappa shape index (κ2) is 8.02. The van der Waals surface area contributed by atoms with E-state index in [2.05, 4.69) is 48.7 Å². The van der Waals surface area contributed by atoms with Crippen molar-refractivity contribution >= 4 is 11.6 Å². The van der Waals surface area contributed by atoms with Crippen LogP contribution in [0.15, 0.2) is 48.5 Å². The van der Waals surface area contributed by atoms with Gasteiger partial charge in [-0.05, 0) is 53.5 Å². The Hall–Kier alpha value is -2.17. The van der Waals surface area contributed by atoms with Crippen LogP contribution >= 0.6 is 0 Å². The van der Waals surface area contributed by atoms with Crippen molar-refractivity contribution in [2.24, 2.45) is 5.92 Å². The van der Waals surface area contributed by atoms with Gasteiger partial charge in [-0.15, -0.1) is 0 Å². The first-order valence-electron chi connectivity index (χ1n) is 9.35. The quantitative estimate of drug-likeness (QED) is 0.655. The van der Waals surface area contributed by atoms with E-state index in [1.54, 1.807) is 0 Å². The molecular weight excluding hydrogens is 324 g/mol. The molecule has 0 bridgehead atoms. The van der Waals surface area contributed by atoms with Crippen molar-refractivity contribution < 1.29 is 9.90 Å². The highest BCUT2D eigenvalue weighted by Crippen LogP contribution is 2.34. The van der Waals surface area contributed by atoms with Gasteiger partial charge in [0.15, 0.2) is 0 Å². The zero-order valence-electron chi connectivity index (χ0n) is 15.7. The van der Waals surface area contributed by atoms with Gasteiger partial charge in [0.25, 0.3) is 0 Å². The van der Waals surface area contributed by atoms with Gasteiger partial charge in [-0.2, -0.15) is 0 Å². The predicted molar refractivity (Wildman–Crippen MR) is 105 cm³/mol. The molecule has 1 saturated carbocycles. The number of amides is 1. The number of aliphatic hydroxyl groups excluding tert-OH is 1. The van der Waals surface area contributed by atoms with Gasteiger partial charge in [-0.3, -0.25) is 10.1 Å². The maximum atomic E-state index is 11.4. The summed E-state index contributed by atoms with van der Waals surface area (Å²) in [6, 6.07) is 16.2. The van der Waals surface area contributed by atoms with Crippen LogP contribution in [0.4, 0.5) is 5.69 Å². The van der Waals surface area contributed by atoms with E-state index in [1.807, 2.05) is 24.3 Å². The average Bonchev–Trinajstić information content (AvgIpc) is 3.44. The second-order valence-corrected chi connectivity index (χ2v) is 7.51. The lowest BCUT2D eigenvalue weighted by molar-refractivity contribution is -0.114. The number of anilines is 1. The maximum Gasteiger partial charge on any atom is 0.221 e. The molecule has 0 aromatic heterocycles. The molecule has 0 heterocycles. The average molecular weight is 352 g/mol. The molecule has 1 fully saturated rings. The van der Waals surface area contributed by atoms with Crippen molar-refractivity contribution in [3.63, 3.8) is 0 Å². The Balaban J connectivity index is 1.90. The largest absolute Gasteiger partial charge is 0.378 e. The predicted octanol–water partition coefficient (Wildman–Crippen LogP) is 4.18. The molecule has 4 heteroatoms. The number of benzene rings is 2. The monoisotopic (exact) mass is 352 g/mol. The Morgan fingerprint density at radius 3 is 2.27 bits per heavy atom. The van der Waals surface area contributed by atoms with Gasteiger partial charge in [0.1, 0.15) is 6.23 Å². The van der Waals surface area contributed by atoms with Crippen molar-refractivity contribution in [1.82, 2.24) is 5.32 Å². The van der Waals surface area contributed by atoms with Crippen LogP contribution in [0.2, 0.25) is 0 Å². The topological polar surface area (TPSA) is 61.4 Å². The lowest BCUT2D eigenvalue weighted by Gasteiger charge is -2.24. The third-order valence-corrected chi connectivity index (χ3v) is 4.88. The lowest BCUT2D eigenvalue weighted by Crippen LogP contribution is -2.35. The number of nitrogens with one attached hydrogen (secondary N) is 2. The molecule has 0 radical (unpaired) electrons. The highest BCUT2D eigenvalue weighted by atomic mass is 16.3. The van der Waals surface area contributed by atoms with Gasteiger partial charge in [-0.1, -0.05) is 50.2 Å². The van der Waals surface area contributed by atoms with Crippen LogP contribution < -0.4 is 10.6 Å². The van der Waals surface area contributed by atoms with Gasteiger partial charge in [0.05, 0.1) is 6.04 Å². The first kappa shape index (κ1) is 18.6. The molecular formula is C22H28N2O2. The molecule has 4 nitrogen and oxygen atoms in total. The summed E-state index contributed by atoms with van der Waals surface area (Å²) in [7, 11) is 0. The van der Waals surface area contributed by atoms with E-state index < -0.39 is 6.23 Å². The van der Waals surface area contributed by atoms with Crippen LogP contribution in [-0.2, 0) is 4.79 Å². The number of hydrogen-bond donors (Lipinski definition) is 3. The van der Waals surface area contributed by atoms with E-state index in [0.29, 0.717) is 11.8 Å². The van der Waals surface area contributed by atoms with Crippen molar-refractivity contribution in [3.8, 4) is 0 Å². The third kappa shape index (κ3) is 4.71. The van der Waals surface area contributed by atoms with Crippen LogP contribution in [0.25, 0.3) is 0 Å². The van der Waals surface area contributed by atoms with Crippen LogP contribution in [0.5, 0.6) is 0 Å². The van der Waals surface area contributed by atoms with E-state index >= 15 is 0 Å². The van der Waals surface area contributed by atoms with E-state index in [4.69, 9.17) is 0 Å². The summed E-state index contributed by atoms with van der Waals surface area (Å²) in [4.78, 5) is 11.4. The first-order valence-corrected chi connectivity index (χ1v) is 9.35. The van der Waals surface area contributed by atoms with Crippen LogP contribution in [0.3, 0.4) is 0 Å². The van der Waals surface area contributed by atoms with E-state index in [-0.39, 0.29) is 11.9 Å². The lowest BCUT2D eigenvalue weighted by atomic mass is 9.94. The smallest absolute Gasteiger partial charge is 0.221 e. The van der Waals surface area contributed by atoms with E-state index in [9.17, 15) is 9.90 Å². The molecule has 26 heavy (non-hydrogen) atoms. The number of carbonyl (C=O) groups is 1. The fourth-order valence-corrected chi connectivity index (χ4v) is 3.18. The standard InChI is InChI=1S/C22H28N2O2/c1-14(2)16-7-9-17(10-8-16)21(24-22(26)18-11-12-18)19-5-4-6-20(13-19)23-15(3)25/h4-10,13-14,18,21-22,24,26H,11-12H2,1-3H3,(H,23,25)/t21-,22?/m1/s1. The number of rotatable bonds is 7. The molecule has 2 aromatic carbocycles. The molecule has 0 spiro atoms. The Morgan fingerprint density at radius 2 is 1.69 bits per heavy atom. The van der Waals surface area contributed by atoms with E-state index in [0.717, 1.165) is 29.7 Å². The fourth-order valence-electron chi connectivity index (χ4n) is 3.18. The maximum absolute atomic E-state index is 11.4. The Bertz CT molecular complexity index is 751.